The van der Waals surface area contributed by atoms with Gasteiger partial charge in [0.15, 0.2) is 5.78 Å². The molecule has 1 aliphatic rings. The molecular formula is C14H15N3O2. The van der Waals surface area contributed by atoms with Crippen LogP contribution < -0.4 is 5.73 Å². The van der Waals surface area contributed by atoms with E-state index < -0.39 is 0 Å². The standard InChI is InChI=1S/C14H15N3O2/c1-2-9-13-10(17-14(15)16-9)6-8(7-11(13)18)12-4-3-5-19-12/h3-5,8H,2,6-7H2,1H3,(H2,15,16,17)/t8-/m1/s1. The summed E-state index contributed by atoms with van der Waals surface area (Å²) in [6.07, 6.45) is 3.43. The van der Waals surface area contributed by atoms with Gasteiger partial charge in [-0.2, -0.15) is 0 Å². The van der Waals surface area contributed by atoms with E-state index in [-0.39, 0.29) is 17.6 Å². The highest BCUT2D eigenvalue weighted by atomic mass is 16.3. The van der Waals surface area contributed by atoms with Gasteiger partial charge in [0.05, 0.1) is 23.2 Å². The summed E-state index contributed by atoms with van der Waals surface area (Å²) >= 11 is 0. The summed E-state index contributed by atoms with van der Waals surface area (Å²) in [6, 6.07) is 3.73. The van der Waals surface area contributed by atoms with E-state index in [4.69, 9.17) is 10.2 Å². The van der Waals surface area contributed by atoms with Crippen LogP contribution in [0.25, 0.3) is 0 Å². The maximum atomic E-state index is 12.3. The molecule has 2 aromatic rings. The van der Waals surface area contributed by atoms with Gasteiger partial charge >= 0.3 is 0 Å². The van der Waals surface area contributed by atoms with Crippen molar-refractivity contribution in [1.82, 2.24) is 9.97 Å². The van der Waals surface area contributed by atoms with Crippen molar-refractivity contribution in [2.75, 3.05) is 5.73 Å². The van der Waals surface area contributed by atoms with Crippen LogP contribution in [0.3, 0.4) is 0 Å². The third-order valence-corrected chi connectivity index (χ3v) is 3.51. The monoisotopic (exact) mass is 257 g/mol. The van der Waals surface area contributed by atoms with Crippen molar-refractivity contribution in [2.24, 2.45) is 0 Å². The zero-order valence-corrected chi connectivity index (χ0v) is 10.7. The van der Waals surface area contributed by atoms with Gasteiger partial charge in [-0.15, -0.1) is 0 Å². The molecule has 2 aromatic heterocycles. The van der Waals surface area contributed by atoms with Crippen LogP contribution >= 0.6 is 0 Å². The van der Waals surface area contributed by atoms with Crippen molar-refractivity contribution >= 4 is 11.7 Å². The van der Waals surface area contributed by atoms with Crippen LogP contribution in [0.4, 0.5) is 5.95 Å². The number of carbonyl (C=O) groups excluding carboxylic acids is 1. The molecule has 0 unspecified atom stereocenters. The Morgan fingerprint density at radius 3 is 2.95 bits per heavy atom. The van der Waals surface area contributed by atoms with Crippen LogP contribution in [0.5, 0.6) is 0 Å². The second-order valence-electron chi connectivity index (χ2n) is 4.75. The fourth-order valence-corrected chi connectivity index (χ4v) is 2.66. The first-order chi connectivity index (χ1) is 9.19. The normalized spacial score (nSPS) is 18.4. The van der Waals surface area contributed by atoms with Crippen LogP contribution in [0, 0.1) is 0 Å². The van der Waals surface area contributed by atoms with E-state index in [0.29, 0.717) is 24.8 Å². The van der Waals surface area contributed by atoms with Gasteiger partial charge in [-0.1, -0.05) is 6.92 Å². The summed E-state index contributed by atoms with van der Waals surface area (Å²) in [4.78, 5) is 20.7. The molecule has 0 amide bonds. The number of furan rings is 1. The van der Waals surface area contributed by atoms with Crippen molar-refractivity contribution in [1.29, 1.82) is 0 Å². The molecule has 0 bridgehead atoms. The summed E-state index contributed by atoms with van der Waals surface area (Å²) < 4.78 is 5.40. The Labute approximate surface area is 110 Å². The van der Waals surface area contributed by atoms with Gasteiger partial charge in [0, 0.05) is 18.8 Å². The molecule has 1 aliphatic carbocycles. The van der Waals surface area contributed by atoms with E-state index in [1.165, 1.54) is 0 Å². The van der Waals surface area contributed by atoms with Gasteiger partial charge < -0.3 is 10.2 Å². The molecule has 0 saturated heterocycles. The first kappa shape index (κ1) is 11.9. The molecule has 5 heteroatoms. The molecule has 0 aromatic carbocycles. The molecule has 5 nitrogen and oxygen atoms in total. The number of aryl methyl sites for hydroxylation is 1. The number of carbonyl (C=O) groups is 1. The first-order valence-electron chi connectivity index (χ1n) is 6.41. The van der Waals surface area contributed by atoms with E-state index >= 15 is 0 Å². The number of anilines is 1. The average molecular weight is 257 g/mol. The molecule has 98 valence electrons. The molecule has 0 aliphatic heterocycles. The van der Waals surface area contributed by atoms with Gasteiger partial charge in [0.25, 0.3) is 0 Å². The predicted molar refractivity (Wildman–Crippen MR) is 69.9 cm³/mol. The minimum absolute atomic E-state index is 0.0500. The van der Waals surface area contributed by atoms with Gasteiger partial charge in [-0.3, -0.25) is 4.79 Å². The summed E-state index contributed by atoms with van der Waals surface area (Å²) in [5.74, 6) is 1.20. The lowest BCUT2D eigenvalue weighted by molar-refractivity contribution is 0.0957. The number of hydrogen-bond acceptors (Lipinski definition) is 5. The molecular weight excluding hydrogens is 242 g/mol. The number of nitrogen functional groups attached to an aromatic ring is 1. The first-order valence-corrected chi connectivity index (χ1v) is 6.41. The zero-order chi connectivity index (χ0) is 13.4. The third-order valence-electron chi connectivity index (χ3n) is 3.51. The summed E-state index contributed by atoms with van der Waals surface area (Å²) in [5, 5.41) is 0. The van der Waals surface area contributed by atoms with Gasteiger partial charge in [-0.05, 0) is 18.6 Å². The number of Topliss-reactive ketones (excluding diaryl/α,β-unsaturated/α-hetero) is 1. The average Bonchev–Trinajstić information content (AvgIpc) is 2.90. The smallest absolute Gasteiger partial charge is 0.220 e. The fraction of sp³-hybridized carbons (Fsp3) is 0.357. The van der Waals surface area contributed by atoms with E-state index in [0.717, 1.165) is 17.1 Å². The second-order valence-corrected chi connectivity index (χ2v) is 4.75. The molecule has 3 rings (SSSR count). The number of hydrogen-bond donors (Lipinski definition) is 1. The Balaban J connectivity index is 2.05. The van der Waals surface area contributed by atoms with Gasteiger partial charge in [0.1, 0.15) is 5.76 Å². The van der Waals surface area contributed by atoms with Crippen LogP contribution in [0.2, 0.25) is 0 Å². The third kappa shape index (κ3) is 2.01. The van der Waals surface area contributed by atoms with Crippen LogP contribution in [0.15, 0.2) is 22.8 Å². The van der Waals surface area contributed by atoms with Gasteiger partial charge in [0.2, 0.25) is 5.95 Å². The number of rotatable bonds is 2. The number of fused-ring (bicyclic) bond motifs is 1. The lowest BCUT2D eigenvalue weighted by Gasteiger charge is -2.22. The van der Waals surface area contributed by atoms with Crippen LogP contribution in [-0.4, -0.2) is 15.8 Å². The highest BCUT2D eigenvalue weighted by molar-refractivity contribution is 5.99. The molecule has 0 spiro atoms. The van der Waals surface area contributed by atoms with Crippen molar-refractivity contribution in [3.8, 4) is 0 Å². The topological polar surface area (TPSA) is 82.0 Å². The second kappa shape index (κ2) is 4.50. The zero-order valence-electron chi connectivity index (χ0n) is 10.7. The molecule has 2 heterocycles. The number of ketones is 1. The van der Waals surface area contributed by atoms with Crippen LogP contribution in [0.1, 0.15) is 46.8 Å². The molecule has 0 radical (unpaired) electrons. The molecule has 2 N–H and O–H groups in total. The lowest BCUT2D eigenvalue weighted by Crippen LogP contribution is -2.23. The highest BCUT2D eigenvalue weighted by Gasteiger charge is 2.31. The molecule has 1 atom stereocenters. The highest BCUT2D eigenvalue weighted by Crippen LogP contribution is 2.33. The largest absolute Gasteiger partial charge is 0.469 e. The quantitative estimate of drug-likeness (QED) is 0.891. The fourth-order valence-electron chi connectivity index (χ4n) is 2.66. The summed E-state index contributed by atoms with van der Waals surface area (Å²) in [7, 11) is 0. The molecule has 0 saturated carbocycles. The Bertz CT molecular complexity index is 620. The predicted octanol–water partition coefficient (Wildman–Crippen LogP) is 2.13. The SMILES string of the molecule is CCc1nc(N)nc2c1C(=O)C[C@H](c1ccco1)C2. The summed E-state index contributed by atoms with van der Waals surface area (Å²) in [6.45, 7) is 1.97. The van der Waals surface area contributed by atoms with E-state index in [1.54, 1.807) is 6.26 Å². The number of nitrogens with two attached hydrogens (primary N) is 1. The Kier molecular flexibility index (Phi) is 2.81. The van der Waals surface area contributed by atoms with Gasteiger partial charge in [-0.25, -0.2) is 9.97 Å². The minimum Gasteiger partial charge on any atom is -0.469 e. The van der Waals surface area contributed by atoms with Crippen molar-refractivity contribution < 1.29 is 9.21 Å². The maximum Gasteiger partial charge on any atom is 0.220 e. The Morgan fingerprint density at radius 1 is 1.42 bits per heavy atom. The maximum absolute atomic E-state index is 12.3. The number of aromatic nitrogens is 2. The summed E-state index contributed by atoms with van der Waals surface area (Å²) in [5.41, 5.74) is 7.88. The van der Waals surface area contributed by atoms with Crippen molar-refractivity contribution in [3.05, 3.63) is 41.1 Å². The van der Waals surface area contributed by atoms with Crippen LogP contribution in [-0.2, 0) is 12.8 Å². The van der Waals surface area contributed by atoms with Crippen molar-refractivity contribution in [2.45, 2.75) is 32.1 Å². The Hall–Kier alpha value is -2.17. The molecule has 19 heavy (non-hydrogen) atoms. The van der Waals surface area contributed by atoms with E-state index in [2.05, 4.69) is 9.97 Å². The minimum atomic E-state index is 0.0500. The van der Waals surface area contributed by atoms with E-state index in [9.17, 15) is 4.79 Å². The molecule has 0 fully saturated rings. The number of nitrogens with zero attached hydrogens (tertiary/aromatic N) is 2. The van der Waals surface area contributed by atoms with Crippen molar-refractivity contribution in [3.63, 3.8) is 0 Å². The van der Waals surface area contributed by atoms with E-state index in [1.807, 2.05) is 19.1 Å². The lowest BCUT2D eigenvalue weighted by atomic mass is 9.83. The Morgan fingerprint density at radius 2 is 2.26 bits per heavy atom.